The number of aromatic nitrogens is 3. The summed E-state index contributed by atoms with van der Waals surface area (Å²) in [5.74, 6) is 1.02. The maximum absolute atomic E-state index is 13.2. The fraction of sp³-hybridized carbons (Fsp3) is 0.409. The number of ketones is 1. The van der Waals surface area contributed by atoms with Gasteiger partial charge >= 0.3 is 5.69 Å². The summed E-state index contributed by atoms with van der Waals surface area (Å²) in [4.78, 5) is 25.8. The Hall–Kier alpha value is -2.80. The maximum Gasteiger partial charge on any atom is 0.351 e. The van der Waals surface area contributed by atoms with Gasteiger partial charge in [-0.15, -0.1) is 5.10 Å². The molecule has 3 rings (SSSR count). The molecule has 1 N–H and O–H groups in total. The van der Waals surface area contributed by atoms with E-state index in [0.717, 1.165) is 0 Å². The van der Waals surface area contributed by atoms with Crippen LogP contribution in [-0.2, 0) is 11.3 Å². The number of rotatable bonds is 6. The highest BCUT2D eigenvalue weighted by molar-refractivity contribution is 6.36. The Morgan fingerprint density at radius 1 is 1.27 bits per heavy atom. The Morgan fingerprint density at radius 3 is 2.50 bits per heavy atom. The summed E-state index contributed by atoms with van der Waals surface area (Å²) < 4.78 is 8.37. The minimum Gasteiger partial charge on any atom is -0.491 e. The number of allylic oxidation sites excluding steroid dienone is 2. The van der Waals surface area contributed by atoms with E-state index in [1.54, 1.807) is 30.5 Å². The first-order valence-electron chi connectivity index (χ1n) is 9.88. The maximum atomic E-state index is 13.2. The zero-order valence-electron chi connectivity index (χ0n) is 17.9. The van der Waals surface area contributed by atoms with Crippen LogP contribution in [0, 0.1) is 5.41 Å². The van der Waals surface area contributed by atoms with E-state index >= 15 is 0 Å². The number of ether oxygens (including phenoxy) is 1. The molecular formula is C22H27ClN4O3. The van der Waals surface area contributed by atoms with E-state index in [4.69, 9.17) is 16.3 Å². The van der Waals surface area contributed by atoms with Crippen molar-refractivity contribution in [3.05, 3.63) is 57.9 Å². The van der Waals surface area contributed by atoms with E-state index in [9.17, 15) is 9.59 Å². The molecule has 2 heterocycles. The SMILES string of the molecule is CC(C)Oc1ccc(-n2c(C3=CCNC=C3Cl)nn(CC(=O)C(C)(C)C)c2=O)cc1. The van der Waals surface area contributed by atoms with Gasteiger partial charge in [-0.3, -0.25) is 4.79 Å². The smallest absolute Gasteiger partial charge is 0.351 e. The number of carbonyl (C=O) groups is 1. The summed E-state index contributed by atoms with van der Waals surface area (Å²) in [6, 6.07) is 7.19. The highest BCUT2D eigenvalue weighted by Crippen LogP contribution is 2.27. The number of Topliss-reactive ketones (excluding diaryl/α,β-unsaturated/α-hetero) is 1. The van der Waals surface area contributed by atoms with Crippen molar-refractivity contribution in [3.63, 3.8) is 0 Å². The zero-order chi connectivity index (χ0) is 22.1. The predicted molar refractivity (Wildman–Crippen MR) is 118 cm³/mol. The molecule has 1 aliphatic rings. The third-order valence-corrected chi connectivity index (χ3v) is 4.90. The van der Waals surface area contributed by atoms with Crippen molar-refractivity contribution in [2.24, 2.45) is 5.41 Å². The van der Waals surface area contributed by atoms with E-state index in [0.29, 0.717) is 34.4 Å². The molecule has 8 heteroatoms. The minimum atomic E-state index is -0.579. The molecule has 1 aromatic heterocycles. The van der Waals surface area contributed by atoms with Crippen molar-refractivity contribution < 1.29 is 9.53 Å². The molecule has 1 aliphatic heterocycles. The molecule has 0 fully saturated rings. The zero-order valence-corrected chi connectivity index (χ0v) is 18.7. The van der Waals surface area contributed by atoms with Gasteiger partial charge in [0.1, 0.15) is 12.3 Å². The van der Waals surface area contributed by atoms with Crippen LogP contribution < -0.4 is 15.7 Å². The fourth-order valence-electron chi connectivity index (χ4n) is 2.92. The first-order valence-corrected chi connectivity index (χ1v) is 10.3. The van der Waals surface area contributed by atoms with Gasteiger partial charge in [-0.2, -0.15) is 0 Å². The van der Waals surface area contributed by atoms with Gasteiger partial charge in [0.05, 0.1) is 16.8 Å². The van der Waals surface area contributed by atoms with Gasteiger partial charge in [0.25, 0.3) is 0 Å². The van der Waals surface area contributed by atoms with Crippen molar-refractivity contribution in [1.82, 2.24) is 19.7 Å². The number of hydrogen-bond donors (Lipinski definition) is 1. The molecular weight excluding hydrogens is 404 g/mol. The molecule has 7 nitrogen and oxygen atoms in total. The van der Waals surface area contributed by atoms with Crippen LogP contribution in [0.4, 0.5) is 0 Å². The number of carbonyl (C=O) groups excluding carboxylic acids is 1. The number of halogens is 1. The van der Waals surface area contributed by atoms with Gasteiger partial charge in [0, 0.05) is 23.7 Å². The van der Waals surface area contributed by atoms with Crippen molar-refractivity contribution in [1.29, 1.82) is 0 Å². The molecule has 0 radical (unpaired) electrons. The second kappa shape index (κ2) is 8.52. The first-order chi connectivity index (χ1) is 14.1. The van der Waals surface area contributed by atoms with E-state index in [2.05, 4.69) is 10.4 Å². The monoisotopic (exact) mass is 430 g/mol. The lowest BCUT2D eigenvalue weighted by Gasteiger charge is -2.15. The van der Waals surface area contributed by atoms with Crippen LogP contribution >= 0.6 is 11.6 Å². The molecule has 0 spiro atoms. The van der Waals surface area contributed by atoms with Gasteiger partial charge < -0.3 is 10.1 Å². The third kappa shape index (κ3) is 4.67. The van der Waals surface area contributed by atoms with Crippen molar-refractivity contribution in [2.45, 2.75) is 47.3 Å². The summed E-state index contributed by atoms with van der Waals surface area (Å²) in [5.41, 5.74) is 0.274. The van der Waals surface area contributed by atoms with Crippen LogP contribution in [0.15, 0.2) is 46.4 Å². The Bertz CT molecular complexity index is 1050. The summed E-state index contributed by atoms with van der Waals surface area (Å²) in [6.07, 6.45) is 3.58. The molecule has 30 heavy (non-hydrogen) atoms. The first kappa shape index (κ1) is 21.9. The molecule has 0 unspecified atom stereocenters. The van der Waals surface area contributed by atoms with Crippen LogP contribution in [-0.4, -0.2) is 32.8 Å². The molecule has 0 atom stereocenters. The van der Waals surface area contributed by atoms with E-state index in [-0.39, 0.29) is 18.4 Å². The van der Waals surface area contributed by atoms with Crippen molar-refractivity contribution in [3.8, 4) is 11.4 Å². The highest BCUT2D eigenvalue weighted by Gasteiger charge is 2.26. The normalized spacial score (nSPS) is 14.2. The quantitative estimate of drug-likeness (QED) is 0.758. The summed E-state index contributed by atoms with van der Waals surface area (Å²) in [7, 11) is 0. The number of nitrogens with one attached hydrogen (secondary N) is 1. The van der Waals surface area contributed by atoms with E-state index in [1.165, 1.54) is 9.25 Å². The second-order valence-electron chi connectivity index (χ2n) is 8.45. The van der Waals surface area contributed by atoms with Crippen LogP contribution in [0.5, 0.6) is 5.75 Å². The molecule has 0 saturated heterocycles. The molecule has 0 amide bonds. The molecule has 160 valence electrons. The second-order valence-corrected chi connectivity index (χ2v) is 8.86. The molecule has 0 saturated carbocycles. The number of dihydropyridines is 1. The lowest BCUT2D eigenvalue weighted by Crippen LogP contribution is -2.32. The number of nitrogens with zero attached hydrogens (tertiary/aromatic N) is 3. The summed E-state index contributed by atoms with van der Waals surface area (Å²) >= 11 is 6.38. The highest BCUT2D eigenvalue weighted by atomic mass is 35.5. The Balaban J connectivity index is 2.10. The average molecular weight is 431 g/mol. The van der Waals surface area contributed by atoms with Gasteiger partial charge in [-0.1, -0.05) is 38.4 Å². The molecule has 2 aromatic rings. The number of hydrogen-bond acceptors (Lipinski definition) is 5. The van der Waals surface area contributed by atoms with Crippen LogP contribution in [0.25, 0.3) is 11.3 Å². The lowest BCUT2D eigenvalue weighted by atomic mass is 9.91. The third-order valence-electron chi connectivity index (χ3n) is 4.59. The van der Waals surface area contributed by atoms with Gasteiger partial charge in [-0.25, -0.2) is 14.0 Å². The number of benzene rings is 1. The van der Waals surface area contributed by atoms with E-state index in [1.807, 2.05) is 40.7 Å². The van der Waals surface area contributed by atoms with Crippen LogP contribution in [0.1, 0.15) is 40.4 Å². The standard InChI is InChI=1S/C22H27ClN4O3/c1-14(2)30-16-8-6-15(7-9-16)27-20(17-10-11-24-12-18(17)23)25-26(21(27)29)13-19(28)22(3,4)5/h6-10,12,14,24H,11,13H2,1-5H3. The predicted octanol–water partition coefficient (Wildman–Crippen LogP) is 3.50. The molecule has 0 aliphatic carbocycles. The van der Waals surface area contributed by atoms with Crippen LogP contribution in [0.2, 0.25) is 0 Å². The largest absolute Gasteiger partial charge is 0.491 e. The van der Waals surface area contributed by atoms with Gasteiger partial charge in [0.2, 0.25) is 0 Å². The molecule has 0 bridgehead atoms. The van der Waals surface area contributed by atoms with Crippen molar-refractivity contribution >= 4 is 23.0 Å². The average Bonchev–Trinajstić information content (AvgIpc) is 2.98. The van der Waals surface area contributed by atoms with Gasteiger partial charge in [0.15, 0.2) is 11.6 Å². The Labute approximate surface area is 181 Å². The van der Waals surface area contributed by atoms with E-state index < -0.39 is 11.1 Å². The topological polar surface area (TPSA) is 78.2 Å². The summed E-state index contributed by atoms with van der Waals surface area (Å²) in [5, 5.41) is 7.95. The minimum absolute atomic E-state index is 0.0455. The fourth-order valence-corrected chi connectivity index (χ4v) is 3.16. The molecule has 1 aromatic carbocycles. The Morgan fingerprint density at radius 2 is 1.93 bits per heavy atom. The van der Waals surface area contributed by atoms with Gasteiger partial charge in [-0.05, 0) is 38.1 Å². The van der Waals surface area contributed by atoms with Crippen molar-refractivity contribution in [2.75, 3.05) is 6.54 Å². The van der Waals surface area contributed by atoms with Crippen LogP contribution in [0.3, 0.4) is 0 Å². The lowest BCUT2D eigenvalue weighted by molar-refractivity contribution is -0.127. The summed E-state index contributed by atoms with van der Waals surface area (Å²) in [6.45, 7) is 9.82. The Kier molecular flexibility index (Phi) is 6.22.